The van der Waals surface area contributed by atoms with E-state index in [0.29, 0.717) is 11.3 Å². The molecule has 0 saturated heterocycles. The topological polar surface area (TPSA) is 48.0 Å². The highest BCUT2D eigenvalue weighted by Crippen LogP contribution is 2.25. The lowest BCUT2D eigenvalue weighted by atomic mass is 10.1. The Labute approximate surface area is 117 Å². The fourth-order valence-corrected chi connectivity index (χ4v) is 2.44. The maximum atomic E-state index is 12.6. The summed E-state index contributed by atoms with van der Waals surface area (Å²) in [5, 5.41) is 5.26. The molecular weight excluding hydrogens is 252 g/mol. The molecule has 4 heteroatoms. The summed E-state index contributed by atoms with van der Waals surface area (Å²) in [5.74, 6) is 0.266. The molecular formula is C16H16N2O2. The molecule has 0 bridgehead atoms. The van der Waals surface area contributed by atoms with Crippen LogP contribution in [0.5, 0.6) is 0 Å². The van der Waals surface area contributed by atoms with Gasteiger partial charge < -0.3 is 4.42 Å². The molecule has 4 nitrogen and oxygen atoms in total. The van der Waals surface area contributed by atoms with Gasteiger partial charge in [-0.25, -0.2) is 0 Å². The quantitative estimate of drug-likeness (QED) is 0.685. The molecule has 1 aromatic carbocycles. The molecule has 0 saturated carbocycles. The molecule has 3 rings (SSSR count). The minimum absolute atomic E-state index is 0.106. The molecule has 2 heterocycles. The van der Waals surface area contributed by atoms with Crippen molar-refractivity contribution >= 4 is 16.8 Å². The predicted molar refractivity (Wildman–Crippen MR) is 77.0 cm³/mol. The van der Waals surface area contributed by atoms with Crippen molar-refractivity contribution in [2.75, 3.05) is 0 Å². The Hall–Kier alpha value is -2.36. The molecule has 0 aliphatic heterocycles. The molecule has 0 aliphatic carbocycles. The van der Waals surface area contributed by atoms with E-state index in [1.165, 1.54) is 0 Å². The summed E-state index contributed by atoms with van der Waals surface area (Å²) in [4.78, 5) is 12.6. The molecule has 102 valence electrons. The van der Waals surface area contributed by atoms with Gasteiger partial charge in [0.2, 0.25) is 5.78 Å². The van der Waals surface area contributed by atoms with Crippen LogP contribution in [0.3, 0.4) is 0 Å². The number of aromatic nitrogens is 2. The fourth-order valence-electron chi connectivity index (χ4n) is 2.44. The van der Waals surface area contributed by atoms with Crippen molar-refractivity contribution in [3.63, 3.8) is 0 Å². The van der Waals surface area contributed by atoms with Crippen LogP contribution in [-0.4, -0.2) is 15.6 Å². The second kappa shape index (κ2) is 4.63. The van der Waals surface area contributed by atoms with E-state index >= 15 is 0 Å². The molecule has 0 N–H and O–H groups in total. The number of fused-ring (bicyclic) bond motifs is 1. The average molecular weight is 268 g/mol. The summed E-state index contributed by atoms with van der Waals surface area (Å²) < 4.78 is 7.40. The van der Waals surface area contributed by atoms with Crippen LogP contribution in [0.2, 0.25) is 0 Å². The van der Waals surface area contributed by atoms with Gasteiger partial charge in [-0.2, -0.15) is 5.10 Å². The number of nitrogens with zero attached hydrogens (tertiary/aromatic N) is 2. The zero-order valence-electron chi connectivity index (χ0n) is 11.8. The second-order valence-electron chi connectivity index (χ2n) is 4.95. The van der Waals surface area contributed by atoms with Gasteiger partial charge in [-0.3, -0.25) is 9.48 Å². The molecule has 0 spiro atoms. The zero-order chi connectivity index (χ0) is 14.3. The smallest absolute Gasteiger partial charge is 0.231 e. The van der Waals surface area contributed by atoms with Gasteiger partial charge in [-0.05, 0) is 25.0 Å². The number of carbonyl (C=O) groups is 1. The lowest BCUT2D eigenvalue weighted by Crippen LogP contribution is -2.01. The van der Waals surface area contributed by atoms with Crippen LogP contribution < -0.4 is 0 Å². The summed E-state index contributed by atoms with van der Waals surface area (Å²) in [7, 11) is 1.82. The molecule has 2 aromatic heterocycles. The SMILES string of the molecule is CCc1nn(C)cc1C(=O)c1cc2cccc(C)c2o1. The summed E-state index contributed by atoms with van der Waals surface area (Å²) >= 11 is 0. The minimum atomic E-state index is -0.106. The molecule has 20 heavy (non-hydrogen) atoms. The molecule has 0 amide bonds. The molecule has 0 unspecified atom stereocenters. The lowest BCUT2D eigenvalue weighted by molar-refractivity contribution is 0.101. The molecule has 3 aromatic rings. The summed E-state index contributed by atoms with van der Waals surface area (Å²) in [6, 6.07) is 7.69. The van der Waals surface area contributed by atoms with E-state index in [2.05, 4.69) is 5.10 Å². The summed E-state index contributed by atoms with van der Waals surface area (Å²) in [6.45, 7) is 3.96. The van der Waals surface area contributed by atoms with Crippen molar-refractivity contribution in [3.05, 3.63) is 53.0 Å². The first-order valence-corrected chi connectivity index (χ1v) is 6.66. The van der Waals surface area contributed by atoms with Crippen LogP contribution in [0.15, 0.2) is 34.9 Å². The van der Waals surface area contributed by atoms with E-state index in [1.807, 2.05) is 39.1 Å². The Morgan fingerprint density at radius 3 is 2.90 bits per heavy atom. The van der Waals surface area contributed by atoms with Gasteiger partial charge in [0.1, 0.15) is 5.58 Å². The standard InChI is InChI=1S/C16H16N2O2/c1-4-13-12(9-18(3)17-13)15(19)14-8-11-7-5-6-10(2)16(11)20-14/h5-9H,4H2,1-3H3. The number of aryl methyl sites for hydroxylation is 3. The van der Waals surface area contributed by atoms with Crippen LogP contribution in [-0.2, 0) is 13.5 Å². The number of furan rings is 1. The van der Waals surface area contributed by atoms with Crippen molar-refractivity contribution in [2.24, 2.45) is 7.05 Å². The van der Waals surface area contributed by atoms with E-state index in [0.717, 1.165) is 28.6 Å². The predicted octanol–water partition coefficient (Wildman–Crippen LogP) is 3.27. The first-order chi connectivity index (χ1) is 9.60. The molecule has 0 aliphatic rings. The maximum absolute atomic E-state index is 12.6. The number of carbonyl (C=O) groups excluding carboxylic acids is 1. The first-order valence-electron chi connectivity index (χ1n) is 6.66. The zero-order valence-corrected chi connectivity index (χ0v) is 11.8. The van der Waals surface area contributed by atoms with E-state index in [9.17, 15) is 4.79 Å². The normalized spacial score (nSPS) is 11.2. The average Bonchev–Trinajstić information content (AvgIpc) is 3.02. The summed E-state index contributed by atoms with van der Waals surface area (Å²) in [5.41, 5.74) is 3.22. The van der Waals surface area contributed by atoms with Crippen molar-refractivity contribution in [1.82, 2.24) is 9.78 Å². The van der Waals surface area contributed by atoms with E-state index < -0.39 is 0 Å². The van der Waals surface area contributed by atoms with Crippen molar-refractivity contribution < 1.29 is 9.21 Å². The monoisotopic (exact) mass is 268 g/mol. The van der Waals surface area contributed by atoms with Crippen LogP contribution >= 0.6 is 0 Å². The Bertz CT molecular complexity index is 796. The van der Waals surface area contributed by atoms with E-state index in [-0.39, 0.29) is 5.78 Å². The van der Waals surface area contributed by atoms with E-state index in [1.54, 1.807) is 16.9 Å². The van der Waals surface area contributed by atoms with Gasteiger partial charge in [0, 0.05) is 18.6 Å². The van der Waals surface area contributed by atoms with Gasteiger partial charge in [0.05, 0.1) is 11.3 Å². The first kappa shape index (κ1) is 12.7. The number of benzene rings is 1. The van der Waals surface area contributed by atoms with E-state index in [4.69, 9.17) is 4.42 Å². The third-order valence-corrected chi connectivity index (χ3v) is 3.45. The van der Waals surface area contributed by atoms with Gasteiger partial charge in [-0.15, -0.1) is 0 Å². The van der Waals surface area contributed by atoms with Crippen molar-refractivity contribution in [3.8, 4) is 0 Å². The number of rotatable bonds is 3. The van der Waals surface area contributed by atoms with Crippen LogP contribution in [0, 0.1) is 6.92 Å². The largest absolute Gasteiger partial charge is 0.452 e. The number of ketones is 1. The fraction of sp³-hybridized carbons (Fsp3) is 0.250. The Morgan fingerprint density at radius 2 is 2.20 bits per heavy atom. The summed E-state index contributed by atoms with van der Waals surface area (Å²) in [6.07, 6.45) is 2.47. The number of para-hydroxylation sites is 1. The highest BCUT2D eigenvalue weighted by Gasteiger charge is 2.20. The third kappa shape index (κ3) is 1.93. The van der Waals surface area contributed by atoms with Crippen LogP contribution in [0.25, 0.3) is 11.0 Å². The number of hydrogen-bond acceptors (Lipinski definition) is 3. The molecule has 0 fully saturated rings. The highest BCUT2D eigenvalue weighted by molar-refractivity contribution is 6.09. The highest BCUT2D eigenvalue weighted by atomic mass is 16.3. The maximum Gasteiger partial charge on any atom is 0.231 e. The minimum Gasteiger partial charge on any atom is -0.452 e. The third-order valence-electron chi connectivity index (χ3n) is 3.45. The molecule has 0 atom stereocenters. The Kier molecular flexibility index (Phi) is 2.93. The Balaban J connectivity index is 2.10. The van der Waals surface area contributed by atoms with Gasteiger partial charge in [0.15, 0.2) is 5.76 Å². The van der Waals surface area contributed by atoms with Gasteiger partial charge in [0.25, 0.3) is 0 Å². The van der Waals surface area contributed by atoms with Gasteiger partial charge >= 0.3 is 0 Å². The second-order valence-corrected chi connectivity index (χ2v) is 4.95. The van der Waals surface area contributed by atoms with Gasteiger partial charge in [-0.1, -0.05) is 25.1 Å². The van der Waals surface area contributed by atoms with Crippen LogP contribution in [0.1, 0.15) is 34.3 Å². The van der Waals surface area contributed by atoms with Crippen LogP contribution in [0.4, 0.5) is 0 Å². The lowest BCUT2D eigenvalue weighted by Gasteiger charge is -1.96. The molecule has 0 radical (unpaired) electrons. The Morgan fingerprint density at radius 1 is 1.40 bits per heavy atom. The van der Waals surface area contributed by atoms with Crippen molar-refractivity contribution in [2.45, 2.75) is 20.3 Å². The van der Waals surface area contributed by atoms with Crippen molar-refractivity contribution in [1.29, 1.82) is 0 Å². The number of hydrogen-bond donors (Lipinski definition) is 0.